The Hall–Kier alpha value is -1.26. The number of rotatable bonds is 3. The van der Waals surface area contributed by atoms with E-state index in [-0.39, 0.29) is 12.1 Å². The molecule has 1 aliphatic heterocycles. The first-order valence-corrected chi connectivity index (χ1v) is 7.36. The van der Waals surface area contributed by atoms with Gasteiger partial charge < -0.3 is 14.9 Å². The second kappa shape index (κ2) is 5.80. The number of hydrogen-bond donors (Lipinski definition) is 1. The van der Waals surface area contributed by atoms with Gasteiger partial charge in [-0.05, 0) is 33.1 Å². The normalized spacial score (nSPS) is 27.8. The van der Waals surface area contributed by atoms with E-state index < -0.39 is 11.9 Å². The first-order chi connectivity index (χ1) is 9.06. The highest BCUT2D eigenvalue weighted by Gasteiger charge is 2.40. The summed E-state index contributed by atoms with van der Waals surface area (Å²) in [5, 5.41) is 9.14. The third kappa shape index (κ3) is 2.69. The van der Waals surface area contributed by atoms with Crippen molar-refractivity contribution >= 4 is 12.0 Å². The third-order valence-corrected chi connectivity index (χ3v) is 4.67. The van der Waals surface area contributed by atoms with Gasteiger partial charge in [-0.3, -0.25) is 4.79 Å². The number of nitrogens with zero attached hydrogens (tertiary/aromatic N) is 2. The lowest BCUT2D eigenvalue weighted by atomic mass is 10.0. The fourth-order valence-corrected chi connectivity index (χ4v) is 3.47. The average Bonchev–Trinajstić information content (AvgIpc) is 2.99. The van der Waals surface area contributed by atoms with E-state index in [4.69, 9.17) is 5.11 Å². The van der Waals surface area contributed by atoms with E-state index in [9.17, 15) is 9.59 Å². The number of urea groups is 1. The summed E-state index contributed by atoms with van der Waals surface area (Å²) < 4.78 is 0. The molecule has 0 radical (unpaired) electrons. The Bertz CT molecular complexity index is 353. The Labute approximate surface area is 114 Å². The maximum absolute atomic E-state index is 12.6. The Morgan fingerprint density at radius 3 is 2.37 bits per heavy atom. The molecule has 108 valence electrons. The van der Waals surface area contributed by atoms with E-state index in [2.05, 4.69) is 0 Å². The van der Waals surface area contributed by atoms with Crippen LogP contribution in [0.15, 0.2) is 0 Å². The predicted molar refractivity (Wildman–Crippen MR) is 71.9 cm³/mol. The Kier molecular flexibility index (Phi) is 4.32. The van der Waals surface area contributed by atoms with E-state index in [1.807, 2.05) is 18.7 Å². The summed E-state index contributed by atoms with van der Waals surface area (Å²) in [7, 11) is 0. The van der Waals surface area contributed by atoms with Crippen LogP contribution in [-0.2, 0) is 4.79 Å². The minimum Gasteiger partial charge on any atom is -0.481 e. The molecule has 2 atom stereocenters. The second-order valence-electron chi connectivity index (χ2n) is 5.67. The van der Waals surface area contributed by atoms with Crippen molar-refractivity contribution in [3.8, 4) is 0 Å². The van der Waals surface area contributed by atoms with Gasteiger partial charge in [0, 0.05) is 25.2 Å². The minimum absolute atomic E-state index is 0.0330. The van der Waals surface area contributed by atoms with Crippen molar-refractivity contribution in [3.05, 3.63) is 0 Å². The van der Waals surface area contributed by atoms with Crippen molar-refractivity contribution in [1.29, 1.82) is 0 Å². The van der Waals surface area contributed by atoms with E-state index in [0.717, 1.165) is 12.8 Å². The number of amides is 2. The van der Waals surface area contributed by atoms with Gasteiger partial charge in [0.1, 0.15) is 0 Å². The maximum Gasteiger partial charge on any atom is 0.320 e. The van der Waals surface area contributed by atoms with Gasteiger partial charge in [0.15, 0.2) is 0 Å². The van der Waals surface area contributed by atoms with Gasteiger partial charge in [-0.1, -0.05) is 12.8 Å². The summed E-state index contributed by atoms with van der Waals surface area (Å²) in [6, 6.07) is 0.194. The molecule has 1 saturated carbocycles. The van der Waals surface area contributed by atoms with Gasteiger partial charge in [-0.25, -0.2) is 4.79 Å². The van der Waals surface area contributed by atoms with E-state index in [1.165, 1.54) is 12.8 Å². The lowest BCUT2D eigenvalue weighted by Crippen LogP contribution is -2.49. The monoisotopic (exact) mass is 268 g/mol. The molecular weight excluding hydrogens is 244 g/mol. The lowest BCUT2D eigenvalue weighted by Gasteiger charge is -2.34. The van der Waals surface area contributed by atoms with Gasteiger partial charge in [0.05, 0.1) is 5.92 Å². The van der Waals surface area contributed by atoms with Crippen LogP contribution in [0.4, 0.5) is 4.79 Å². The van der Waals surface area contributed by atoms with Gasteiger partial charge in [-0.15, -0.1) is 0 Å². The Balaban J connectivity index is 2.04. The highest BCUT2D eigenvalue weighted by molar-refractivity contribution is 5.78. The topological polar surface area (TPSA) is 60.9 Å². The molecule has 0 aromatic heterocycles. The van der Waals surface area contributed by atoms with E-state index >= 15 is 0 Å². The van der Waals surface area contributed by atoms with Crippen LogP contribution in [0.5, 0.6) is 0 Å². The van der Waals surface area contributed by atoms with E-state index in [0.29, 0.717) is 25.6 Å². The summed E-state index contributed by atoms with van der Waals surface area (Å²) in [6.45, 7) is 5.14. The van der Waals surface area contributed by atoms with Crippen LogP contribution < -0.4 is 0 Å². The smallest absolute Gasteiger partial charge is 0.320 e. The molecule has 1 heterocycles. The first kappa shape index (κ1) is 14.2. The maximum atomic E-state index is 12.6. The molecule has 2 aliphatic rings. The summed E-state index contributed by atoms with van der Waals surface area (Å²) in [4.78, 5) is 27.4. The van der Waals surface area contributed by atoms with Crippen LogP contribution >= 0.6 is 0 Å². The van der Waals surface area contributed by atoms with Crippen molar-refractivity contribution in [3.63, 3.8) is 0 Å². The zero-order valence-electron chi connectivity index (χ0n) is 11.8. The van der Waals surface area contributed by atoms with Crippen molar-refractivity contribution in [2.75, 3.05) is 13.1 Å². The van der Waals surface area contributed by atoms with Crippen LogP contribution in [0.3, 0.4) is 0 Å². The molecule has 0 spiro atoms. The van der Waals surface area contributed by atoms with Gasteiger partial charge in [-0.2, -0.15) is 0 Å². The molecule has 19 heavy (non-hydrogen) atoms. The Morgan fingerprint density at radius 2 is 1.89 bits per heavy atom. The molecule has 1 N–H and O–H groups in total. The zero-order chi connectivity index (χ0) is 14.0. The highest BCUT2D eigenvalue weighted by atomic mass is 16.4. The number of likely N-dealkylation sites (tertiary alicyclic amines) is 1. The fourth-order valence-electron chi connectivity index (χ4n) is 3.47. The van der Waals surface area contributed by atoms with Crippen molar-refractivity contribution < 1.29 is 14.7 Å². The molecule has 1 saturated heterocycles. The molecule has 0 aromatic rings. The minimum atomic E-state index is -0.785. The number of carbonyl (C=O) groups excluding carboxylic acids is 1. The number of carboxylic acids is 1. The van der Waals surface area contributed by atoms with Gasteiger partial charge >= 0.3 is 12.0 Å². The van der Waals surface area contributed by atoms with E-state index in [1.54, 1.807) is 4.90 Å². The molecule has 2 rings (SSSR count). The SMILES string of the molecule is CCN(C(=O)N1CCC(C(=O)O)C1C)C1CCCC1. The lowest BCUT2D eigenvalue weighted by molar-refractivity contribution is -0.142. The highest BCUT2D eigenvalue weighted by Crippen LogP contribution is 2.29. The standard InChI is InChI=1S/C14H24N2O3/c1-3-15(11-6-4-5-7-11)14(19)16-9-8-12(10(16)2)13(17)18/h10-12H,3-9H2,1-2H3,(H,17,18). The molecule has 2 unspecified atom stereocenters. The van der Waals surface area contributed by atoms with Crippen molar-refractivity contribution in [2.24, 2.45) is 5.92 Å². The van der Waals surface area contributed by atoms with Gasteiger partial charge in [0.25, 0.3) is 0 Å². The van der Waals surface area contributed by atoms with Crippen LogP contribution in [-0.4, -0.2) is 52.1 Å². The second-order valence-corrected chi connectivity index (χ2v) is 5.67. The summed E-state index contributed by atoms with van der Waals surface area (Å²) in [6.07, 6.45) is 5.14. The van der Waals surface area contributed by atoms with Crippen molar-refractivity contribution in [2.45, 2.75) is 58.0 Å². The predicted octanol–water partition coefficient (Wildman–Crippen LogP) is 2.17. The number of hydrogen-bond acceptors (Lipinski definition) is 2. The molecule has 2 amide bonds. The number of carboxylic acid groups (broad SMARTS) is 1. The summed E-state index contributed by atoms with van der Waals surface area (Å²) in [5.41, 5.74) is 0. The average molecular weight is 268 g/mol. The molecule has 1 aliphatic carbocycles. The molecule has 5 heteroatoms. The molecule has 0 aromatic carbocycles. The largest absolute Gasteiger partial charge is 0.481 e. The fraction of sp³-hybridized carbons (Fsp3) is 0.857. The van der Waals surface area contributed by atoms with Crippen LogP contribution in [0.2, 0.25) is 0 Å². The zero-order valence-corrected chi connectivity index (χ0v) is 11.8. The number of aliphatic carboxylic acids is 1. The van der Waals surface area contributed by atoms with Crippen molar-refractivity contribution in [1.82, 2.24) is 9.80 Å². The quantitative estimate of drug-likeness (QED) is 0.853. The third-order valence-electron chi connectivity index (χ3n) is 4.67. The first-order valence-electron chi connectivity index (χ1n) is 7.36. The number of carbonyl (C=O) groups is 2. The summed E-state index contributed by atoms with van der Waals surface area (Å²) in [5.74, 6) is -1.20. The molecule has 0 bridgehead atoms. The van der Waals surface area contributed by atoms with Gasteiger partial charge in [0.2, 0.25) is 0 Å². The van der Waals surface area contributed by atoms with Crippen LogP contribution in [0, 0.1) is 5.92 Å². The Morgan fingerprint density at radius 1 is 1.26 bits per heavy atom. The van der Waals surface area contributed by atoms with Crippen LogP contribution in [0.1, 0.15) is 46.0 Å². The summed E-state index contributed by atoms with van der Waals surface area (Å²) >= 11 is 0. The molecule has 5 nitrogen and oxygen atoms in total. The molecular formula is C14H24N2O3. The van der Waals surface area contributed by atoms with Crippen LogP contribution in [0.25, 0.3) is 0 Å². The molecule has 2 fully saturated rings.